The normalized spacial score (nSPS) is 11.5. The molecule has 0 aliphatic rings. The highest BCUT2D eigenvalue weighted by molar-refractivity contribution is 7.89. The number of ether oxygens (including phenoxy) is 1. The van der Waals surface area contributed by atoms with Crippen LogP contribution in [0.15, 0.2) is 58.4 Å². The molecule has 14 heteroatoms. The zero-order chi connectivity index (χ0) is 30.9. The number of esters is 1. The van der Waals surface area contributed by atoms with Crippen molar-refractivity contribution in [3.8, 4) is 10.4 Å². The summed E-state index contributed by atoms with van der Waals surface area (Å²) in [5.74, 6) is -2.57. The van der Waals surface area contributed by atoms with E-state index in [-0.39, 0.29) is 17.5 Å². The molecule has 41 heavy (non-hydrogen) atoms. The molecule has 0 aliphatic carbocycles. The Balaban J connectivity index is 0.000000295. The van der Waals surface area contributed by atoms with Gasteiger partial charge in [0.15, 0.2) is 5.96 Å². The molecule has 0 saturated carbocycles. The third kappa shape index (κ3) is 9.70. The molecular weight excluding hydrogens is 570 g/mol. The first-order valence-electron chi connectivity index (χ1n) is 12.2. The number of rotatable bonds is 10. The third-order valence-corrected chi connectivity index (χ3v) is 8.29. The number of primary amides is 1. The van der Waals surface area contributed by atoms with Gasteiger partial charge in [0.05, 0.1) is 23.6 Å². The number of thiophene rings is 1. The van der Waals surface area contributed by atoms with Crippen molar-refractivity contribution in [1.82, 2.24) is 4.72 Å². The van der Waals surface area contributed by atoms with Crippen LogP contribution in [-0.4, -0.2) is 50.0 Å². The van der Waals surface area contributed by atoms with Gasteiger partial charge >= 0.3 is 11.9 Å². The van der Waals surface area contributed by atoms with Gasteiger partial charge in [-0.05, 0) is 68.7 Å². The van der Waals surface area contributed by atoms with Crippen LogP contribution in [0, 0.1) is 20.8 Å². The number of aliphatic imine (C=N–C) groups is 1. The number of carbonyl (C=O) groups excluding carboxylic acids is 2. The minimum absolute atomic E-state index is 0.00967. The summed E-state index contributed by atoms with van der Waals surface area (Å²) in [6.45, 7) is 6.93. The molecule has 0 bridgehead atoms. The topological polar surface area (TPSA) is 217 Å². The van der Waals surface area contributed by atoms with Gasteiger partial charge in [0.2, 0.25) is 15.9 Å². The Hall–Kier alpha value is -4.27. The van der Waals surface area contributed by atoms with Gasteiger partial charge in [0.25, 0.3) is 0 Å². The highest BCUT2D eigenvalue weighted by Crippen LogP contribution is 2.30. The number of hydrogen-bond acceptors (Lipinski definition) is 8. The van der Waals surface area contributed by atoms with Gasteiger partial charge in [0.1, 0.15) is 10.9 Å². The third-order valence-electron chi connectivity index (χ3n) is 5.40. The number of aryl methyl sites for hydroxylation is 3. The second-order valence-electron chi connectivity index (χ2n) is 8.87. The van der Waals surface area contributed by atoms with Crippen LogP contribution >= 0.6 is 11.3 Å². The Labute approximate surface area is 242 Å². The Morgan fingerprint density at radius 2 is 1.66 bits per heavy atom. The summed E-state index contributed by atoms with van der Waals surface area (Å²) in [5.41, 5.74) is 19.4. The average molecular weight is 604 g/mol. The molecule has 0 radical (unpaired) electrons. The fraction of sp³-hybridized carbons (Fsp3) is 0.259. The van der Waals surface area contributed by atoms with Crippen LogP contribution in [0.5, 0.6) is 0 Å². The molecule has 1 aromatic heterocycles. The van der Waals surface area contributed by atoms with Gasteiger partial charge in [-0.3, -0.25) is 9.59 Å². The minimum atomic E-state index is -4.00. The van der Waals surface area contributed by atoms with Crippen LogP contribution in [-0.2, 0) is 24.3 Å². The fourth-order valence-corrected chi connectivity index (χ4v) is 6.41. The first kappa shape index (κ1) is 32.9. The number of amides is 1. The lowest BCUT2D eigenvalue weighted by atomic mass is 10.1. The summed E-state index contributed by atoms with van der Waals surface area (Å²) in [6.07, 6.45) is -0.452. The Bertz CT molecular complexity index is 1540. The molecule has 12 nitrogen and oxygen atoms in total. The summed E-state index contributed by atoms with van der Waals surface area (Å²) in [7, 11) is -4.00. The van der Waals surface area contributed by atoms with Crippen molar-refractivity contribution in [1.29, 1.82) is 0 Å². The summed E-state index contributed by atoms with van der Waals surface area (Å²) in [4.78, 5) is 39.0. The molecule has 1 atom stereocenters. The highest BCUT2D eigenvalue weighted by atomic mass is 32.2. The van der Waals surface area contributed by atoms with Crippen molar-refractivity contribution >= 4 is 50.9 Å². The molecule has 1 amide bonds. The van der Waals surface area contributed by atoms with Crippen molar-refractivity contribution in [2.45, 2.75) is 45.1 Å². The SMILES string of the molecule is CCOC(=O)CC(NS(=O)(=O)c1c(C)cc(C)cc1C)C(N)=O.NC(N)=Nc1cccc(-c2ccc(C(=O)O)s2)c1. The number of aromatic carboxylic acids is 1. The van der Waals surface area contributed by atoms with Crippen molar-refractivity contribution in [2.75, 3.05) is 6.61 Å². The van der Waals surface area contributed by atoms with E-state index in [4.69, 9.17) is 27.0 Å². The van der Waals surface area contributed by atoms with Crippen molar-refractivity contribution in [2.24, 2.45) is 22.2 Å². The largest absolute Gasteiger partial charge is 0.477 e. The number of benzene rings is 2. The number of carboxylic acid groups (broad SMARTS) is 1. The van der Waals surface area contributed by atoms with Crippen LogP contribution in [0.4, 0.5) is 5.69 Å². The van der Waals surface area contributed by atoms with E-state index in [0.29, 0.717) is 21.7 Å². The molecule has 0 spiro atoms. The van der Waals surface area contributed by atoms with E-state index in [2.05, 4.69) is 9.71 Å². The first-order valence-corrected chi connectivity index (χ1v) is 14.5. The average Bonchev–Trinajstić information content (AvgIpc) is 3.34. The number of hydrogen-bond donors (Lipinski definition) is 5. The fourth-order valence-electron chi connectivity index (χ4n) is 3.91. The van der Waals surface area contributed by atoms with Crippen LogP contribution in [0.1, 0.15) is 39.7 Å². The molecule has 0 saturated heterocycles. The number of guanidine groups is 1. The lowest BCUT2D eigenvalue weighted by Crippen LogP contribution is -2.46. The van der Waals surface area contributed by atoms with E-state index in [1.807, 2.05) is 19.1 Å². The van der Waals surface area contributed by atoms with E-state index in [1.54, 1.807) is 57.2 Å². The maximum Gasteiger partial charge on any atom is 0.345 e. The van der Waals surface area contributed by atoms with E-state index < -0.39 is 40.3 Å². The first-order chi connectivity index (χ1) is 19.1. The van der Waals surface area contributed by atoms with Crippen molar-refractivity contribution in [3.63, 3.8) is 0 Å². The zero-order valence-electron chi connectivity index (χ0n) is 23.0. The summed E-state index contributed by atoms with van der Waals surface area (Å²) in [5, 5.41) is 8.87. The Morgan fingerprint density at radius 3 is 2.17 bits per heavy atom. The molecule has 1 unspecified atom stereocenters. The van der Waals surface area contributed by atoms with Gasteiger partial charge in [0, 0.05) is 4.88 Å². The molecule has 1 heterocycles. The lowest BCUT2D eigenvalue weighted by molar-refractivity contribution is -0.144. The number of nitrogens with zero attached hydrogens (tertiary/aromatic N) is 1. The lowest BCUT2D eigenvalue weighted by Gasteiger charge is -2.17. The maximum atomic E-state index is 12.6. The van der Waals surface area contributed by atoms with E-state index in [9.17, 15) is 22.8 Å². The molecule has 3 aromatic rings. The number of nitrogens with one attached hydrogen (secondary N) is 1. The van der Waals surface area contributed by atoms with Crippen LogP contribution in [0.3, 0.4) is 0 Å². The Morgan fingerprint density at radius 1 is 1.02 bits per heavy atom. The van der Waals surface area contributed by atoms with Crippen LogP contribution in [0.2, 0.25) is 0 Å². The van der Waals surface area contributed by atoms with Crippen molar-refractivity contribution < 1.29 is 32.6 Å². The van der Waals surface area contributed by atoms with Gasteiger partial charge < -0.3 is 27.0 Å². The molecular formula is C27H33N5O7S2. The van der Waals surface area contributed by atoms with Crippen molar-refractivity contribution in [3.05, 3.63) is 70.1 Å². The van der Waals surface area contributed by atoms with Crippen LogP contribution in [0.25, 0.3) is 10.4 Å². The molecule has 3 rings (SSSR count). The van der Waals surface area contributed by atoms with E-state index in [0.717, 1.165) is 16.0 Å². The number of carbonyl (C=O) groups is 3. The molecule has 220 valence electrons. The quantitative estimate of drug-likeness (QED) is 0.130. The predicted octanol–water partition coefficient (Wildman–Crippen LogP) is 2.72. The molecule has 0 fully saturated rings. The molecule has 0 aliphatic heterocycles. The highest BCUT2D eigenvalue weighted by Gasteiger charge is 2.29. The smallest absolute Gasteiger partial charge is 0.345 e. The van der Waals surface area contributed by atoms with E-state index >= 15 is 0 Å². The number of sulfonamides is 1. The summed E-state index contributed by atoms with van der Waals surface area (Å²) >= 11 is 1.21. The summed E-state index contributed by atoms with van der Waals surface area (Å²) in [6, 6.07) is 12.7. The van der Waals surface area contributed by atoms with Gasteiger partial charge in [-0.15, -0.1) is 11.3 Å². The molecule has 2 aromatic carbocycles. The predicted molar refractivity (Wildman–Crippen MR) is 157 cm³/mol. The zero-order valence-corrected chi connectivity index (χ0v) is 24.6. The van der Waals surface area contributed by atoms with E-state index in [1.165, 1.54) is 11.3 Å². The monoisotopic (exact) mass is 603 g/mol. The standard InChI is InChI=1S/C15H22N2O5S.C12H11N3O2S/c1-5-22-13(18)8-12(15(16)19)17-23(20,21)14-10(3)6-9(2)7-11(14)4;13-12(14)15-8-3-1-2-7(6-8)9-4-5-10(18-9)11(16)17/h6-7,12,17H,5,8H2,1-4H3,(H2,16,19);1-6H,(H,16,17)(H4,13,14,15). The summed E-state index contributed by atoms with van der Waals surface area (Å²) < 4.78 is 32.1. The van der Waals surface area contributed by atoms with Gasteiger partial charge in [-0.1, -0.05) is 29.8 Å². The van der Waals surface area contributed by atoms with Gasteiger partial charge in [-0.25, -0.2) is 18.2 Å². The van der Waals surface area contributed by atoms with Crippen LogP contribution < -0.4 is 21.9 Å². The number of nitrogens with two attached hydrogens (primary N) is 3. The number of carboxylic acids is 1. The maximum absolute atomic E-state index is 12.6. The second kappa shape index (κ2) is 14.4. The molecule has 8 N–H and O–H groups in total. The second-order valence-corrected chi connectivity index (χ2v) is 11.6. The van der Waals surface area contributed by atoms with Gasteiger partial charge in [-0.2, -0.15) is 4.72 Å². The Kier molecular flexibility index (Phi) is 11.6. The minimum Gasteiger partial charge on any atom is -0.477 e.